The van der Waals surface area contributed by atoms with Crippen molar-refractivity contribution in [3.8, 4) is 22.9 Å². The van der Waals surface area contributed by atoms with Crippen LogP contribution in [0.5, 0.6) is 17.2 Å². The molecule has 0 saturated carbocycles. The molecule has 0 radical (unpaired) electrons. The van der Waals surface area contributed by atoms with Crippen molar-refractivity contribution in [3.05, 3.63) is 78.4 Å². The fraction of sp³-hybridized carbons (Fsp3) is 0.130. The summed E-state index contributed by atoms with van der Waals surface area (Å²) < 4.78 is 12.7. The van der Waals surface area contributed by atoms with Gasteiger partial charge < -0.3 is 14.8 Å². The third kappa shape index (κ3) is 5.25. The number of methoxy groups -OCH3 is 1. The summed E-state index contributed by atoms with van der Waals surface area (Å²) in [5.41, 5.74) is 2.44. The first-order chi connectivity index (χ1) is 15.6. The minimum absolute atomic E-state index is 0.150. The number of ether oxygens (including phenoxy) is 2. The average molecular weight is 448 g/mol. The Morgan fingerprint density at radius 2 is 1.78 bits per heavy atom. The van der Waals surface area contributed by atoms with Gasteiger partial charge in [-0.15, -0.1) is 5.10 Å². The predicted octanol–water partition coefficient (Wildman–Crippen LogP) is 4.50. The topological polar surface area (TPSA) is 91.2 Å². The standard InChI is InChI=1S/C23H21N5O3S/c1-16-8-13-21(30-2)20(14-16)28-23(25-26-27-28)32-15-22(29)24-17-9-11-19(12-10-17)31-18-6-4-3-5-7-18/h3-14H,15H2,1-2H3,(H,24,29). The fourth-order valence-corrected chi connectivity index (χ4v) is 3.63. The molecule has 1 amide bonds. The van der Waals surface area contributed by atoms with Crippen molar-refractivity contribution in [1.29, 1.82) is 0 Å². The molecule has 0 atom stereocenters. The van der Waals surface area contributed by atoms with Crippen LogP contribution in [0.3, 0.4) is 0 Å². The molecule has 0 saturated heterocycles. The molecule has 32 heavy (non-hydrogen) atoms. The van der Waals surface area contributed by atoms with E-state index in [0.717, 1.165) is 17.0 Å². The van der Waals surface area contributed by atoms with Crippen molar-refractivity contribution in [2.45, 2.75) is 12.1 Å². The molecule has 3 aromatic carbocycles. The molecule has 0 aliphatic rings. The molecular formula is C23H21N5O3S. The maximum atomic E-state index is 12.4. The Morgan fingerprint density at radius 3 is 2.53 bits per heavy atom. The molecule has 1 heterocycles. The number of hydrogen-bond donors (Lipinski definition) is 1. The zero-order valence-corrected chi connectivity index (χ0v) is 18.4. The Hall–Kier alpha value is -3.85. The number of carbonyl (C=O) groups is 1. The monoisotopic (exact) mass is 447 g/mol. The van der Waals surface area contributed by atoms with Gasteiger partial charge in [-0.05, 0) is 71.4 Å². The largest absolute Gasteiger partial charge is 0.494 e. The highest BCUT2D eigenvalue weighted by atomic mass is 32.2. The van der Waals surface area contributed by atoms with E-state index >= 15 is 0 Å². The van der Waals surface area contributed by atoms with Crippen molar-refractivity contribution < 1.29 is 14.3 Å². The molecule has 162 valence electrons. The van der Waals surface area contributed by atoms with E-state index in [1.807, 2.05) is 55.5 Å². The number of anilines is 1. The highest BCUT2D eigenvalue weighted by molar-refractivity contribution is 7.99. The molecule has 1 aromatic heterocycles. The molecule has 0 fully saturated rings. The van der Waals surface area contributed by atoms with Gasteiger partial charge in [-0.1, -0.05) is 36.0 Å². The van der Waals surface area contributed by atoms with E-state index in [4.69, 9.17) is 9.47 Å². The van der Waals surface area contributed by atoms with E-state index < -0.39 is 0 Å². The predicted molar refractivity (Wildman–Crippen MR) is 123 cm³/mol. The number of para-hydroxylation sites is 1. The van der Waals surface area contributed by atoms with Crippen LogP contribution in [0.15, 0.2) is 78.0 Å². The number of rotatable bonds is 8. The molecule has 0 bridgehead atoms. The van der Waals surface area contributed by atoms with E-state index in [9.17, 15) is 4.79 Å². The summed E-state index contributed by atoms with van der Waals surface area (Å²) in [6, 6.07) is 22.4. The minimum Gasteiger partial charge on any atom is -0.494 e. The molecule has 0 spiro atoms. The average Bonchev–Trinajstić information content (AvgIpc) is 3.28. The molecular weight excluding hydrogens is 426 g/mol. The summed E-state index contributed by atoms with van der Waals surface area (Å²) in [6.45, 7) is 1.98. The summed E-state index contributed by atoms with van der Waals surface area (Å²) in [4.78, 5) is 12.4. The van der Waals surface area contributed by atoms with Gasteiger partial charge in [-0.3, -0.25) is 4.79 Å². The molecule has 8 nitrogen and oxygen atoms in total. The second-order valence-electron chi connectivity index (χ2n) is 6.82. The lowest BCUT2D eigenvalue weighted by Gasteiger charge is -2.10. The van der Waals surface area contributed by atoms with Gasteiger partial charge in [0.1, 0.15) is 22.9 Å². The van der Waals surface area contributed by atoms with E-state index in [2.05, 4.69) is 20.8 Å². The molecule has 1 N–H and O–H groups in total. The number of tetrazole rings is 1. The first-order valence-electron chi connectivity index (χ1n) is 9.81. The van der Waals surface area contributed by atoms with Crippen LogP contribution in [0.2, 0.25) is 0 Å². The number of nitrogens with zero attached hydrogens (tertiary/aromatic N) is 4. The van der Waals surface area contributed by atoms with Gasteiger partial charge in [-0.2, -0.15) is 4.68 Å². The first kappa shape index (κ1) is 21.4. The Morgan fingerprint density at radius 1 is 1.03 bits per heavy atom. The smallest absolute Gasteiger partial charge is 0.234 e. The molecule has 0 unspecified atom stereocenters. The summed E-state index contributed by atoms with van der Waals surface area (Å²) in [7, 11) is 1.59. The summed E-state index contributed by atoms with van der Waals surface area (Å²) in [5.74, 6) is 2.07. The normalized spacial score (nSPS) is 10.6. The summed E-state index contributed by atoms with van der Waals surface area (Å²) in [6.07, 6.45) is 0. The molecule has 4 rings (SSSR count). The van der Waals surface area contributed by atoms with Gasteiger partial charge in [0.15, 0.2) is 0 Å². The number of benzene rings is 3. The van der Waals surface area contributed by atoms with Crippen LogP contribution in [-0.2, 0) is 4.79 Å². The number of nitrogens with one attached hydrogen (secondary N) is 1. The maximum absolute atomic E-state index is 12.4. The number of carbonyl (C=O) groups excluding carboxylic acids is 1. The number of aromatic nitrogens is 4. The second-order valence-corrected chi connectivity index (χ2v) is 7.77. The van der Waals surface area contributed by atoms with Gasteiger partial charge in [0.25, 0.3) is 0 Å². The molecule has 0 aliphatic carbocycles. The van der Waals surface area contributed by atoms with Crippen LogP contribution in [0.25, 0.3) is 5.69 Å². The van der Waals surface area contributed by atoms with E-state index in [1.165, 1.54) is 11.8 Å². The van der Waals surface area contributed by atoms with Crippen LogP contribution in [0.1, 0.15) is 5.56 Å². The maximum Gasteiger partial charge on any atom is 0.234 e. The van der Waals surface area contributed by atoms with Gasteiger partial charge in [0.05, 0.1) is 12.9 Å². The van der Waals surface area contributed by atoms with Gasteiger partial charge in [0, 0.05) is 5.69 Å². The van der Waals surface area contributed by atoms with Gasteiger partial charge in [-0.25, -0.2) is 0 Å². The zero-order chi connectivity index (χ0) is 22.3. The number of hydrogen-bond acceptors (Lipinski definition) is 7. The highest BCUT2D eigenvalue weighted by Gasteiger charge is 2.15. The SMILES string of the molecule is COc1ccc(C)cc1-n1nnnc1SCC(=O)Nc1ccc(Oc2ccccc2)cc1. The lowest BCUT2D eigenvalue weighted by molar-refractivity contribution is -0.113. The number of thioether (sulfide) groups is 1. The Kier molecular flexibility index (Phi) is 6.66. The zero-order valence-electron chi connectivity index (χ0n) is 17.6. The number of aryl methyl sites for hydroxylation is 1. The molecule has 9 heteroatoms. The summed E-state index contributed by atoms with van der Waals surface area (Å²) in [5, 5.41) is 15.2. The first-order valence-corrected chi connectivity index (χ1v) is 10.8. The lowest BCUT2D eigenvalue weighted by Crippen LogP contribution is -2.14. The van der Waals surface area contributed by atoms with E-state index in [0.29, 0.717) is 22.3 Å². The Bertz CT molecular complexity index is 1200. The highest BCUT2D eigenvalue weighted by Crippen LogP contribution is 2.27. The minimum atomic E-state index is -0.169. The van der Waals surface area contributed by atoms with Crippen LogP contribution < -0.4 is 14.8 Å². The van der Waals surface area contributed by atoms with Crippen molar-refractivity contribution >= 4 is 23.4 Å². The van der Waals surface area contributed by atoms with Crippen molar-refractivity contribution in [1.82, 2.24) is 20.2 Å². The van der Waals surface area contributed by atoms with Gasteiger partial charge in [0.2, 0.25) is 11.1 Å². The molecule has 4 aromatic rings. The molecule has 0 aliphatic heterocycles. The second kappa shape index (κ2) is 9.97. The van der Waals surface area contributed by atoms with Crippen molar-refractivity contribution in [2.75, 3.05) is 18.2 Å². The van der Waals surface area contributed by atoms with Crippen LogP contribution in [0, 0.1) is 6.92 Å². The Balaban J connectivity index is 1.36. The Labute approximate surface area is 189 Å². The third-order valence-corrected chi connectivity index (χ3v) is 5.37. The fourth-order valence-electron chi connectivity index (χ4n) is 2.94. The quantitative estimate of drug-likeness (QED) is 0.398. The van der Waals surface area contributed by atoms with Crippen LogP contribution in [0.4, 0.5) is 5.69 Å². The lowest BCUT2D eigenvalue weighted by atomic mass is 10.2. The summed E-state index contributed by atoms with van der Waals surface area (Å²) >= 11 is 1.24. The number of amides is 1. The van der Waals surface area contributed by atoms with Crippen molar-refractivity contribution in [2.24, 2.45) is 0 Å². The van der Waals surface area contributed by atoms with E-state index in [1.54, 1.807) is 36.1 Å². The third-order valence-electron chi connectivity index (χ3n) is 4.45. The van der Waals surface area contributed by atoms with Crippen LogP contribution >= 0.6 is 11.8 Å². The van der Waals surface area contributed by atoms with Crippen LogP contribution in [-0.4, -0.2) is 39.0 Å². The van der Waals surface area contributed by atoms with Gasteiger partial charge >= 0.3 is 0 Å². The van der Waals surface area contributed by atoms with E-state index in [-0.39, 0.29) is 11.7 Å². The van der Waals surface area contributed by atoms with Crippen molar-refractivity contribution in [3.63, 3.8) is 0 Å².